The molecule has 0 saturated carbocycles. The molecule has 0 aliphatic heterocycles. The van der Waals surface area contributed by atoms with Crippen LogP contribution in [0.1, 0.15) is 24.2 Å². The molecule has 0 aliphatic carbocycles. The number of anilines is 2. The Morgan fingerprint density at radius 2 is 1.68 bits per heavy atom. The number of Topliss-reactive ketones (excluding diaryl/α,β-unsaturated/α-hetero) is 1. The fraction of sp³-hybridized carbons (Fsp3) is 0.286. The lowest BCUT2D eigenvalue weighted by Crippen LogP contribution is -2.43. The van der Waals surface area contributed by atoms with Crippen LogP contribution in [0.5, 0.6) is 0 Å². The van der Waals surface area contributed by atoms with Gasteiger partial charge >= 0.3 is 0 Å². The number of likely N-dealkylation sites (N-methyl/N-ethyl adjacent to an activating group) is 1. The molecule has 1 atom stereocenters. The number of para-hydroxylation sites is 1. The van der Waals surface area contributed by atoms with E-state index in [0.29, 0.717) is 11.3 Å². The first-order valence-corrected chi connectivity index (χ1v) is 10.1. The van der Waals surface area contributed by atoms with Crippen molar-refractivity contribution in [3.63, 3.8) is 0 Å². The van der Waals surface area contributed by atoms with E-state index in [-0.39, 0.29) is 24.1 Å². The Balaban J connectivity index is 1.91. The van der Waals surface area contributed by atoms with E-state index in [1.54, 1.807) is 54.9 Å². The summed E-state index contributed by atoms with van der Waals surface area (Å²) in [5, 5.41) is 5.69. The molecule has 6 nitrogen and oxygen atoms in total. The number of ketones is 1. The molecule has 0 aromatic heterocycles. The number of hydrogen-bond donors (Lipinski definition) is 2. The molecule has 0 saturated heterocycles. The van der Waals surface area contributed by atoms with Gasteiger partial charge in [0.15, 0.2) is 5.78 Å². The molecular weight excluding hydrogens is 374 g/mol. The van der Waals surface area contributed by atoms with Gasteiger partial charge in [0.25, 0.3) is 0 Å². The maximum absolute atomic E-state index is 12.5. The lowest BCUT2D eigenvalue weighted by atomic mass is 10.1. The zero-order valence-electron chi connectivity index (χ0n) is 16.5. The van der Waals surface area contributed by atoms with Crippen LogP contribution in [0.3, 0.4) is 0 Å². The maximum Gasteiger partial charge on any atom is 0.241 e. The summed E-state index contributed by atoms with van der Waals surface area (Å²) >= 11 is 1.56. The molecule has 148 valence electrons. The van der Waals surface area contributed by atoms with E-state index in [0.717, 1.165) is 10.6 Å². The third-order valence-corrected chi connectivity index (χ3v) is 5.17. The molecule has 28 heavy (non-hydrogen) atoms. The zero-order chi connectivity index (χ0) is 20.7. The Morgan fingerprint density at radius 3 is 2.29 bits per heavy atom. The fourth-order valence-electron chi connectivity index (χ4n) is 2.54. The standard InChI is InChI=1S/C21H25N3O3S/c1-14(21(27)22-17-11-9-16(10-12-17)15(2)25)24(3)13-20(26)23-18-7-5-6-8-19(18)28-4/h5-12,14H,13H2,1-4H3,(H,22,27)(H,23,26)/t14-/m1/s1. The van der Waals surface area contributed by atoms with Crippen LogP contribution in [0.4, 0.5) is 11.4 Å². The number of carbonyl (C=O) groups is 3. The van der Waals surface area contributed by atoms with E-state index in [1.807, 2.05) is 30.5 Å². The average Bonchev–Trinajstić information content (AvgIpc) is 2.68. The highest BCUT2D eigenvalue weighted by molar-refractivity contribution is 7.98. The van der Waals surface area contributed by atoms with E-state index in [1.165, 1.54) is 6.92 Å². The fourth-order valence-corrected chi connectivity index (χ4v) is 3.09. The van der Waals surface area contributed by atoms with Crippen molar-refractivity contribution in [3.8, 4) is 0 Å². The van der Waals surface area contributed by atoms with Gasteiger partial charge in [-0.1, -0.05) is 12.1 Å². The maximum atomic E-state index is 12.5. The Hall–Kier alpha value is -2.64. The van der Waals surface area contributed by atoms with Crippen molar-refractivity contribution in [2.75, 3.05) is 30.5 Å². The van der Waals surface area contributed by atoms with Crippen LogP contribution in [0.2, 0.25) is 0 Å². The highest BCUT2D eigenvalue weighted by Gasteiger charge is 2.20. The first-order valence-electron chi connectivity index (χ1n) is 8.86. The van der Waals surface area contributed by atoms with E-state index in [9.17, 15) is 14.4 Å². The lowest BCUT2D eigenvalue weighted by Gasteiger charge is -2.23. The van der Waals surface area contributed by atoms with Crippen LogP contribution in [0.15, 0.2) is 53.4 Å². The molecule has 2 N–H and O–H groups in total. The quantitative estimate of drug-likeness (QED) is 0.525. The zero-order valence-corrected chi connectivity index (χ0v) is 17.3. The molecule has 0 unspecified atom stereocenters. The smallest absolute Gasteiger partial charge is 0.241 e. The first kappa shape index (κ1) is 21.7. The second kappa shape index (κ2) is 10.1. The summed E-state index contributed by atoms with van der Waals surface area (Å²) < 4.78 is 0. The molecule has 0 fully saturated rings. The number of nitrogens with one attached hydrogen (secondary N) is 2. The summed E-state index contributed by atoms with van der Waals surface area (Å²) in [4.78, 5) is 38.8. The van der Waals surface area contributed by atoms with E-state index in [4.69, 9.17) is 0 Å². The third-order valence-electron chi connectivity index (χ3n) is 4.37. The predicted octanol–water partition coefficient (Wildman–Crippen LogP) is 3.51. The SMILES string of the molecule is CSc1ccccc1NC(=O)CN(C)[C@H](C)C(=O)Nc1ccc(C(C)=O)cc1. The van der Waals surface area contributed by atoms with Crippen molar-refractivity contribution >= 4 is 40.7 Å². The van der Waals surface area contributed by atoms with Crippen molar-refractivity contribution < 1.29 is 14.4 Å². The topological polar surface area (TPSA) is 78.5 Å². The highest BCUT2D eigenvalue weighted by Crippen LogP contribution is 2.24. The third kappa shape index (κ3) is 5.94. The van der Waals surface area contributed by atoms with E-state index >= 15 is 0 Å². The predicted molar refractivity (Wildman–Crippen MR) is 114 cm³/mol. The summed E-state index contributed by atoms with van der Waals surface area (Å²) in [7, 11) is 1.73. The molecule has 0 spiro atoms. The lowest BCUT2D eigenvalue weighted by molar-refractivity contribution is -0.122. The minimum Gasteiger partial charge on any atom is -0.325 e. The Morgan fingerprint density at radius 1 is 1.04 bits per heavy atom. The van der Waals surface area contributed by atoms with Crippen molar-refractivity contribution in [1.82, 2.24) is 4.90 Å². The number of amides is 2. The molecule has 7 heteroatoms. The summed E-state index contributed by atoms with van der Waals surface area (Å²) in [6.07, 6.45) is 1.95. The van der Waals surface area contributed by atoms with Gasteiger partial charge in [0, 0.05) is 16.1 Å². The van der Waals surface area contributed by atoms with Gasteiger partial charge in [-0.3, -0.25) is 19.3 Å². The van der Waals surface area contributed by atoms with Gasteiger partial charge in [-0.15, -0.1) is 11.8 Å². The van der Waals surface area contributed by atoms with Crippen LogP contribution < -0.4 is 10.6 Å². The van der Waals surface area contributed by atoms with E-state index in [2.05, 4.69) is 10.6 Å². The van der Waals surface area contributed by atoms with Gasteiger partial charge in [-0.05, 0) is 63.5 Å². The van der Waals surface area contributed by atoms with Crippen molar-refractivity contribution in [1.29, 1.82) is 0 Å². The van der Waals surface area contributed by atoms with Crippen LogP contribution in [-0.2, 0) is 9.59 Å². The van der Waals surface area contributed by atoms with E-state index < -0.39 is 6.04 Å². The van der Waals surface area contributed by atoms with Gasteiger partial charge in [-0.25, -0.2) is 0 Å². The molecule has 2 amide bonds. The van der Waals surface area contributed by atoms with Gasteiger partial charge in [0.1, 0.15) is 0 Å². The number of benzene rings is 2. The first-order chi connectivity index (χ1) is 13.3. The normalized spacial score (nSPS) is 11.8. The molecular formula is C21H25N3O3S. The van der Waals surface area contributed by atoms with Gasteiger partial charge in [0.2, 0.25) is 11.8 Å². The van der Waals surface area contributed by atoms with Crippen LogP contribution >= 0.6 is 11.8 Å². The Bertz CT molecular complexity index is 852. The largest absolute Gasteiger partial charge is 0.325 e. The minimum atomic E-state index is -0.506. The number of hydrogen-bond acceptors (Lipinski definition) is 5. The number of thioether (sulfide) groups is 1. The second-order valence-corrected chi connectivity index (χ2v) is 7.31. The molecule has 0 radical (unpaired) electrons. The molecule has 2 aromatic carbocycles. The molecule has 0 heterocycles. The Kier molecular flexibility index (Phi) is 7.78. The summed E-state index contributed by atoms with van der Waals surface area (Å²) in [5.41, 5.74) is 1.95. The van der Waals surface area contributed by atoms with Crippen molar-refractivity contribution in [2.24, 2.45) is 0 Å². The monoisotopic (exact) mass is 399 g/mol. The minimum absolute atomic E-state index is 0.0277. The van der Waals surface area contributed by atoms with Crippen LogP contribution in [-0.4, -0.2) is 48.4 Å². The van der Waals surface area contributed by atoms with Gasteiger partial charge < -0.3 is 10.6 Å². The number of nitrogens with zero attached hydrogens (tertiary/aromatic N) is 1. The van der Waals surface area contributed by atoms with Crippen molar-refractivity contribution in [3.05, 3.63) is 54.1 Å². The molecule has 2 rings (SSSR count). The second-order valence-electron chi connectivity index (χ2n) is 6.46. The summed E-state index contributed by atoms with van der Waals surface area (Å²) in [5.74, 6) is -0.440. The molecule has 0 bridgehead atoms. The average molecular weight is 400 g/mol. The Labute approximate surface area is 169 Å². The summed E-state index contributed by atoms with van der Waals surface area (Å²) in [6, 6.07) is 13.8. The van der Waals surface area contributed by atoms with Crippen molar-refractivity contribution in [2.45, 2.75) is 24.8 Å². The van der Waals surface area contributed by atoms with Gasteiger partial charge in [0.05, 0.1) is 18.3 Å². The number of rotatable bonds is 8. The highest BCUT2D eigenvalue weighted by atomic mass is 32.2. The molecule has 2 aromatic rings. The van der Waals surface area contributed by atoms with Crippen LogP contribution in [0, 0.1) is 0 Å². The van der Waals surface area contributed by atoms with Gasteiger partial charge in [-0.2, -0.15) is 0 Å². The number of carbonyl (C=O) groups excluding carboxylic acids is 3. The van der Waals surface area contributed by atoms with Crippen LogP contribution in [0.25, 0.3) is 0 Å². The molecule has 0 aliphatic rings. The summed E-state index contributed by atoms with van der Waals surface area (Å²) in [6.45, 7) is 3.32.